The maximum atomic E-state index is 12.4. The van der Waals surface area contributed by atoms with Gasteiger partial charge < -0.3 is 4.90 Å². The molecule has 3 rings (SSSR count). The summed E-state index contributed by atoms with van der Waals surface area (Å²) in [6.45, 7) is 0.834. The van der Waals surface area contributed by atoms with Crippen molar-refractivity contribution in [2.45, 2.75) is 18.9 Å². The highest BCUT2D eigenvalue weighted by Crippen LogP contribution is 2.31. The van der Waals surface area contributed by atoms with Gasteiger partial charge in [-0.3, -0.25) is 9.78 Å². The molecule has 20 heavy (non-hydrogen) atoms. The van der Waals surface area contributed by atoms with Crippen molar-refractivity contribution in [1.82, 2.24) is 9.88 Å². The third kappa shape index (κ3) is 2.80. The Kier molecular flexibility index (Phi) is 3.92. The van der Waals surface area contributed by atoms with Gasteiger partial charge in [0.2, 0.25) is 5.91 Å². The molecule has 1 amide bonds. The number of thiophene rings is 1. The highest BCUT2D eigenvalue weighted by atomic mass is 32.1. The van der Waals surface area contributed by atoms with E-state index in [1.807, 2.05) is 40.6 Å². The van der Waals surface area contributed by atoms with E-state index in [4.69, 9.17) is 0 Å². The van der Waals surface area contributed by atoms with Crippen LogP contribution < -0.4 is 0 Å². The van der Waals surface area contributed by atoms with Crippen LogP contribution >= 0.6 is 11.3 Å². The molecule has 4 heteroatoms. The van der Waals surface area contributed by atoms with Crippen molar-refractivity contribution in [3.63, 3.8) is 0 Å². The predicted octanol–water partition coefficient (Wildman–Crippen LogP) is 3.52. The van der Waals surface area contributed by atoms with Gasteiger partial charge in [-0.2, -0.15) is 0 Å². The summed E-state index contributed by atoms with van der Waals surface area (Å²) in [4.78, 5) is 19.5. The van der Waals surface area contributed by atoms with E-state index in [9.17, 15) is 4.79 Å². The summed E-state index contributed by atoms with van der Waals surface area (Å²) in [6, 6.07) is 8.19. The Morgan fingerprint density at radius 2 is 2.20 bits per heavy atom. The molecule has 1 saturated heterocycles. The zero-order valence-corrected chi connectivity index (χ0v) is 11.9. The van der Waals surface area contributed by atoms with Gasteiger partial charge in [-0.25, -0.2) is 0 Å². The molecule has 3 heterocycles. The number of carbonyl (C=O) groups excluding carboxylic acids is 1. The van der Waals surface area contributed by atoms with Gasteiger partial charge in [0, 0.05) is 29.9 Å². The summed E-state index contributed by atoms with van der Waals surface area (Å²) < 4.78 is 0. The van der Waals surface area contributed by atoms with Crippen LogP contribution in [0.25, 0.3) is 6.08 Å². The number of pyridine rings is 1. The highest BCUT2D eigenvalue weighted by Gasteiger charge is 2.28. The summed E-state index contributed by atoms with van der Waals surface area (Å²) in [6.07, 6.45) is 9.25. The molecule has 1 aliphatic rings. The molecule has 1 aliphatic heterocycles. The minimum absolute atomic E-state index is 0.0951. The Bertz CT molecular complexity index is 592. The quantitative estimate of drug-likeness (QED) is 0.808. The number of nitrogens with zero attached hydrogens (tertiary/aromatic N) is 2. The van der Waals surface area contributed by atoms with E-state index < -0.39 is 0 Å². The van der Waals surface area contributed by atoms with E-state index >= 15 is 0 Å². The number of carbonyl (C=O) groups is 1. The fourth-order valence-electron chi connectivity index (χ4n) is 2.60. The molecule has 2 aromatic heterocycles. The van der Waals surface area contributed by atoms with Gasteiger partial charge in [-0.15, -0.1) is 11.3 Å². The molecule has 0 aromatic carbocycles. The van der Waals surface area contributed by atoms with Crippen molar-refractivity contribution in [2.75, 3.05) is 6.54 Å². The van der Waals surface area contributed by atoms with E-state index in [0.29, 0.717) is 0 Å². The second-order valence-corrected chi connectivity index (χ2v) is 5.80. The van der Waals surface area contributed by atoms with E-state index in [-0.39, 0.29) is 11.9 Å². The molecule has 1 atom stereocenters. The summed E-state index contributed by atoms with van der Waals surface area (Å²) in [7, 11) is 0. The first kappa shape index (κ1) is 13.1. The molecule has 0 bridgehead atoms. The van der Waals surface area contributed by atoms with Crippen LogP contribution in [-0.4, -0.2) is 22.3 Å². The monoisotopic (exact) mass is 284 g/mol. The molecule has 0 aliphatic carbocycles. The van der Waals surface area contributed by atoms with Crippen LogP contribution in [0.1, 0.15) is 29.3 Å². The number of amides is 1. The van der Waals surface area contributed by atoms with E-state index in [1.54, 1.807) is 29.8 Å². The van der Waals surface area contributed by atoms with Crippen molar-refractivity contribution in [2.24, 2.45) is 0 Å². The molecule has 3 nitrogen and oxygen atoms in total. The maximum absolute atomic E-state index is 12.4. The van der Waals surface area contributed by atoms with Crippen LogP contribution in [0.5, 0.6) is 0 Å². The van der Waals surface area contributed by atoms with Gasteiger partial charge in [0.15, 0.2) is 0 Å². The lowest BCUT2D eigenvalue weighted by molar-refractivity contribution is -0.126. The van der Waals surface area contributed by atoms with Crippen LogP contribution in [0.2, 0.25) is 0 Å². The average molecular weight is 284 g/mol. The maximum Gasteiger partial charge on any atom is 0.247 e. The Hall–Kier alpha value is -1.94. The molecule has 0 N–H and O–H groups in total. The van der Waals surface area contributed by atoms with Crippen molar-refractivity contribution in [3.05, 3.63) is 58.6 Å². The summed E-state index contributed by atoms with van der Waals surface area (Å²) >= 11 is 1.64. The van der Waals surface area contributed by atoms with Gasteiger partial charge in [0.1, 0.15) is 0 Å². The number of hydrogen-bond acceptors (Lipinski definition) is 3. The number of aromatic nitrogens is 1. The van der Waals surface area contributed by atoms with Crippen LogP contribution in [-0.2, 0) is 4.79 Å². The van der Waals surface area contributed by atoms with Gasteiger partial charge in [-0.05, 0) is 48.1 Å². The normalized spacial score (nSPS) is 18.8. The van der Waals surface area contributed by atoms with Crippen LogP contribution in [0.15, 0.2) is 48.1 Å². The van der Waals surface area contributed by atoms with Crippen molar-refractivity contribution in [1.29, 1.82) is 0 Å². The van der Waals surface area contributed by atoms with E-state index in [1.165, 1.54) is 5.56 Å². The van der Waals surface area contributed by atoms with Crippen LogP contribution in [0.3, 0.4) is 0 Å². The Balaban J connectivity index is 1.74. The van der Waals surface area contributed by atoms with Gasteiger partial charge in [0.05, 0.1) is 6.04 Å². The van der Waals surface area contributed by atoms with E-state index in [2.05, 4.69) is 4.98 Å². The fourth-order valence-corrected chi connectivity index (χ4v) is 3.22. The van der Waals surface area contributed by atoms with Crippen molar-refractivity contribution >= 4 is 23.3 Å². The molecule has 1 fully saturated rings. The molecule has 1 unspecified atom stereocenters. The number of rotatable bonds is 3. The zero-order chi connectivity index (χ0) is 13.8. The molecular weight excluding hydrogens is 268 g/mol. The lowest BCUT2D eigenvalue weighted by Crippen LogP contribution is -2.28. The third-order valence-electron chi connectivity index (χ3n) is 3.56. The second-order valence-electron chi connectivity index (χ2n) is 4.82. The van der Waals surface area contributed by atoms with Gasteiger partial charge in [-0.1, -0.05) is 6.07 Å². The highest BCUT2D eigenvalue weighted by molar-refractivity contribution is 7.10. The Labute approximate surface area is 122 Å². The Morgan fingerprint density at radius 1 is 1.35 bits per heavy atom. The fraction of sp³-hybridized carbons (Fsp3) is 0.250. The van der Waals surface area contributed by atoms with Crippen LogP contribution in [0.4, 0.5) is 0 Å². The van der Waals surface area contributed by atoms with E-state index in [0.717, 1.165) is 24.3 Å². The molecule has 2 aromatic rings. The third-order valence-corrected chi connectivity index (χ3v) is 4.40. The summed E-state index contributed by atoms with van der Waals surface area (Å²) in [5.41, 5.74) is 1.18. The van der Waals surface area contributed by atoms with Crippen LogP contribution in [0, 0.1) is 0 Å². The largest absolute Gasteiger partial charge is 0.332 e. The summed E-state index contributed by atoms with van der Waals surface area (Å²) in [5.74, 6) is 0.0951. The topological polar surface area (TPSA) is 33.2 Å². The van der Waals surface area contributed by atoms with Crippen molar-refractivity contribution < 1.29 is 4.79 Å². The molecule has 0 saturated carbocycles. The number of hydrogen-bond donors (Lipinski definition) is 0. The molecule has 0 radical (unpaired) electrons. The average Bonchev–Trinajstić information content (AvgIpc) is 3.17. The Morgan fingerprint density at radius 3 is 2.95 bits per heavy atom. The zero-order valence-electron chi connectivity index (χ0n) is 11.1. The smallest absolute Gasteiger partial charge is 0.247 e. The first-order valence-electron chi connectivity index (χ1n) is 6.77. The first-order valence-corrected chi connectivity index (χ1v) is 7.65. The molecule has 102 valence electrons. The minimum Gasteiger partial charge on any atom is -0.332 e. The van der Waals surface area contributed by atoms with Crippen molar-refractivity contribution in [3.8, 4) is 0 Å². The molecule has 0 spiro atoms. The second kappa shape index (κ2) is 6.01. The van der Waals surface area contributed by atoms with Gasteiger partial charge in [0.25, 0.3) is 0 Å². The van der Waals surface area contributed by atoms with Gasteiger partial charge >= 0.3 is 0 Å². The summed E-state index contributed by atoms with van der Waals surface area (Å²) in [5, 5.41) is 2.01. The first-order chi connectivity index (χ1) is 9.84. The lowest BCUT2D eigenvalue weighted by atomic mass is 10.1. The minimum atomic E-state index is 0.0951. The molecular formula is C16H16N2OS. The standard InChI is InChI=1S/C16H16N2OS/c19-16(6-5-14-3-2-12-20-14)18-11-1-4-15(18)13-7-9-17-10-8-13/h2-3,5-10,12,15H,1,4,11H2/b6-5+. The number of likely N-dealkylation sites (tertiary alicyclic amines) is 1. The lowest BCUT2D eigenvalue weighted by Gasteiger charge is -2.23. The predicted molar refractivity (Wildman–Crippen MR) is 81.3 cm³/mol. The SMILES string of the molecule is O=C(/C=C/c1cccs1)N1CCCC1c1ccncc1.